The molecule has 0 radical (unpaired) electrons. The van der Waals surface area contributed by atoms with E-state index in [0.717, 1.165) is 92.8 Å². The molecular weight excluding hydrogens is 1030 g/mol. The molecule has 0 amide bonds. The number of thiocarbonyl (C=S) groups is 2. The number of aromatic hydroxyl groups is 2. The van der Waals surface area contributed by atoms with E-state index in [1.54, 1.807) is 0 Å². The standard InChI is InChI=1S/C68H102N6O4S2/c1-65(2,3)51-35-43-31-47-39-53(67(7,8)9)41-49(61(47)77-29-21-27-69-63(79)71-55-23-17-19-25-57(55)73(13)14)33-45-37-52(66(4,5)6)38-46(60(45)76)34-50-42-54(68(10,11)12)40-48(32-44(36-51)59(43)75)62(50)78-30-22-28-70-64(80)72-56-24-18-20-26-58(56)74(15)16/h35-42,55-58,75-76H,17-34H2,1-16H3,(H2,69,71,79)(H2,70,72,80)/t55-,56-,57-,58-/m1/s1. The van der Waals surface area contributed by atoms with Crippen LogP contribution < -0.4 is 30.7 Å². The second-order valence-corrected chi connectivity index (χ2v) is 29.1. The number of phenolic OH excluding ortho intramolecular Hbond substituents is 2. The number of likely N-dealkylation sites (N-methyl/N-ethyl adjacent to an activating group) is 2. The van der Waals surface area contributed by atoms with Crippen LogP contribution in [-0.4, -0.2) is 109 Å². The topological polar surface area (TPSA) is 114 Å². The zero-order valence-corrected chi connectivity index (χ0v) is 53.7. The quantitative estimate of drug-likeness (QED) is 0.0470. The summed E-state index contributed by atoms with van der Waals surface area (Å²) in [6, 6.07) is 19.6. The molecule has 0 unspecified atom stereocenters. The van der Waals surface area contributed by atoms with E-state index < -0.39 is 0 Å². The normalized spacial score (nSPS) is 19.1. The molecule has 4 aromatic rings. The first-order valence-corrected chi connectivity index (χ1v) is 31.0. The number of hydrogen-bond acceptors (Lipinski definition) is 8. The molecule has 4 aromatic carbocycles. The molecule has 10 nitrogen and oxygen atoms in total. The van der Waals surface area contributed by atoms with Crippen molar-refractivity contribution in [3.05, 3.63) is 115 Å². The molecule has 4 atom stereocenters. The van der Waals surface area contributed by atoms with Crippen molar-refractivity contribution in [3.63, 3.8) is 0 Å². The van der Waals surface area contributed by atoms with E-state index in [4.69, 9.17) is 33.9 Å². The van der Waals surface area contributed by atoms with Crippen LogP contribution in [0.15, 0.2) is 48.5 Å². The van der Waals surface area contributed by atoms with Crippen LogP contribution >= 0.6 is 24.4 Å². The molecule has 0 heterocycles. The SMILES string of the molecule is CN(C)[C@@H]1CCCC[C@H]1NC(=S)NCCCOc1c2cc(C(C)(C)C)cc1Cc1cc(C(C)(C)C)cc(c1O)Cc1cc(C(C)(C)C)cc(c1OCCCNC(=S)N[C@@H]1CCCC[C@H]1N(C)C)Cc1cc(C(C)(C)C)cc(c1O)C2. The molecule has 3 aliphatic rings. The first-order valence-electron chi connectivity index (χ1n) is 30.2. The lowest BCUT2D eigenvalue weighted by atomic mass is 9.79. The molecule has 0 spiro atoms. The third-order valence-electron chi connectivity index (χ3n) is 17.1. The first-order chi connectivity index (χ1) is 37.5. The Kier molecular flexibility index (Phi) is 20.7. The van der Waals surface area contributed by atoms with Crippen LogP contribution in [0.4, 0.5) is 0 Å². The fourth-order valence-corrected chi connectivity index (χ4v) is 12.7. The van der Waals surface area contributed by atoms with Gasteiger partial charge in [0.05, 0.1) is 13.2 Å². The lowest BCUT2D eigenvalue weighted by Gasteiger charge is -2.37. The summed E-state index contributed by atoms with van der Waals surface area (Å²) in [5.74, 6) is 2.20. The molecule has 0 saturated heterocycles. The minimum absolute atomic E-state index is 0.201. The summed E-state index contributed by atoms with van der Waals surface area (Å²) in [4.78, 5) is 4.65. The van der Waals surface area contributed by atoms with Gasteiger partial charge in [-0.05, 0) is 180 Å². The summed E-state index contributed by atoms with van der Waals surface area (Å²) in [7, 11) is 8.65. The smallest absolute Gasteiger partial charge is 0.166 e. The van der Waals surface area contributed by atoms with E-state index in [2.05, 4.69) is 191 Å². The zero-order chi connectivity index (χ0) is 58.5. The van der Waals surface area contributed by atoms with Gasteiger partial charge in [-0.1, -0.05) is 157 Å². The predicted molar refractivity (Wildman–Crippen MR) is 342 cm³/mol. The first kappa shape index (κ1) is 63.0. The van der Waals surface area contributed by atoms with E-state index in [1.165, 1.54) is 49.7 Å². The molecular formula is C68H102N6O4S2. The van der Waals surface area contributed by atoms with Crippen molar-refractivity contribution in [2.24, 2.45) is 0 Å². The summed E-state index contributed by atoms with van der Waals surface area (Å²) in [6.07, 6.45) is 12.8. The van der Waals surface area contributed by atoms with Gasteiger partial charge in [0.15, 0.2) is 10.2 Å². The number of hydrogen-bond donors (Lipinski definition) is 6. The Morgan fingerprint density at radius 1 is 0.450 bits per heavy atom. The van der Waals surface area contributed by atoms with E-state index in [-0.39, 0.29) is 21.7 Å². The molecule has 2 saturated carbocycles. The minimum Gasteiger partial charge on any atom is -0.507 e. The van der Waals surface area contributed by atoms with E-state index >= 15 is 0 Å². The predicted octanol–water partition coefficient (Wildman–Crippen LogP) is 13.2. The van der Waals surface area contributed by atoms with Crippen molar-refractivity contribution in [1.82, 2.24) is 31.1 Å². The van der Waals surface area contributed by atoms with Crippen molar-refractivity contribution in [3.8, 4) is 23.0 Å². The van der Waals surface area contributed by atoms with Gasteiger partial charge >= 0.3 is 0 Å². The van der Waals surface area contributed by atoms with E-state index in [9.17, 15) is 10.2 Å². The van der Waals surface area contributed by atoms with Gasteiger partial charge in [0, 0.05) is 62.9 Å². The lowest BCUT2D eigenvalue weighted by molar-refractivity contribution is 0.189. The third-order valence-corrected chi connectivity index (χ3v) is 17.7. The second-order valence-electron chi connectivity index (χ2n) is 28.3. The molecule has 8 bridgehead atoms. The molecule has 6 N–H and O–H groups in total. The molecule has 0 aromatic heterocycles. The zero-order valence-electron chi connectivity index (χ0n) is 52.1. The average Bonchev–Trinajstić information content (AvgIpc) is 3.41. The largest absolute Gasteiger partial charge is 0.507 e. The number of ether oxygens (including phenoxy) is 2. The highest BCUT2D eigenvalue weighted by molar-refractivity contribution is 7.80. The summed E-state index contributed by atoms with van der Waals surface area (Å²) in [6.45, 7) is 29.3. The highest BCUT2D eigenvalue weighted by Crippen LogP contribution is 2.44. The van der Waals surface area contributed by atoms with Gasteiger partial charge in [0.1, 0.15) is 23.0 Å². The Bertz CT molecular complexity index is 2510. The fourth-order valence-electron chi connectivity index (χ4n) is 12.1. The van der Waals surface area contributed by atoms with Gasteiger partial charge in [-0.3, -0.25) is 0 Å². The van der Waals surface area contributed by atoms with Crippen molar-refractivity contribution in [2.45, 2.75) is 219 Å². The maximum Gasteiger partial charge on any atom is 0.166 e. The monoisotopic (exact) mass is 1130 g/mol. The van der Waals surface area contributed by atoms with Gasteiger partial charge in [-0.25, -0.2) is 0 Å². The number of phenols is 2. The Labute approximate surface area is 494 Å². The van der Waals surface area contributed by atoms with Crippen LogP contribution in [-0.2, 0) is 47.3 Å². The molecule has 7 rings (SSSR count). The van der Waals surface area contributed by atoms with Crippen molar-refractivity contribution in [2.75, 3.05) is 54.5 Å². The molecule has 0 aliphatic heterocycles. The number of fused-ring (bicyclic) bond motifs is 8. The summed E-state index contributed by atoms with van der Waals surface area (Å²) < 4.78 is 14.2. The Morgan fingerprint density at radius 3 is 0.975 bits per heavy atom. The van der Waals surface area contributed by atoms with Crippen LogP contribution in [0.5, 0.6) is 23.0 Å². The number of nitrogens with zero attached hydrogens (tertiary/aromatic N) is 2. The maximum atomic E-state index is 12.9. The van der Waals surface area contributed by atoms with Crippen molar-refractivity contribution < 1.29 is 19.7 Å². The number of nitrogens with one attached hydrogen (secondary N) is 4. The molecule has 2 fully saturated rings. The van der Waals surface area contributed by atoms with Crippen LogP contribution in [0.25, 0.3) is 0 Å². The van der Waals surface area contributed by atoms with Crippen molar-refractivity contribution in [1.29, 1.82) is 0 Å². The van der Waals surface area contributed by atoms with Gasteiger partial charge in [-0.15, -0.1) is 0 Å². The third kappa shape index (κ3) is 16.3. The molecule has 3 aliphatic carbocycles. The Balaban J connectivity index is 1.30. The highest BCUT2D eigenvalue weighted by atomic mass is 32.1. The lowest BCUT2D eigenvalue weighted by Crippen LogP contribution is -2.53. The Morgan fingerprint density at radius 2 is 0.713 bits per heavy atom. The maximum absolute atomic E-state index is 12.9. The molecule has 80 heavy (non-hydrogen) atoms. The molecule has 440 valence electrons. The van der Waals surface area contributed by atoms with E-state index in [0.29, 0.717) is 97.9 Å². The number of benzene rings is 4. The van der Waals surface area contributed by atoms with Crippen LogP contribution in [0.3, 0.4) is 0 Å². The van der Waals surface area contributed by atoms with Crippen molar-refractivity contribution >= 4 is 34.7 Å². The highest BCUT2D eigenvalue weighted by Gasteiger charge is 2.31. The minimum atomic E-state index is -0.210. The fraction of sp³-hybridized carbons (Fsp3) is 0.618. The summed E-state index contributed by atoms with van der Waals surface area (Å²) >= 11 is 11.7. The molecule has 12 heteroatoms. The van der Waals surface area contributed by atoms with Gasteiger partial charge in [0.25, 0.3) is 0 Å². The summed E-state index contributed by atoms with van der Waals surface area (Å²) in [5.41, 5.74) is 11.3. The Hall–Kier alpha value is -4.62. The average molecular weight is 1130 g/mol. The summed E-state index contributed by atoms with van der Waals surface area (Å²) in [5, 5.41) is 41.4. The van der Waals surface area contributed by atoms with E-state index in [1.807, 2.05) is 0 Å². The van der Waals surface area contributed by atoms with Gasteiger partial charge in [-0.2, -0.15) is 0 Å². The number of rotatable bonds is 14. The van der Waals surface area contributed by atoms with Gasteiger partial charge in [0.2, 0.25) is 0 Å². The van der Waals surface area contributed by atoms with Gasteiger partial charge < -0.3 is 50.8 Å². The van der Waals surface area contributed by atoms with Crippen LogP contribution in [0.1, 0.15) is 214 Å². The van der Waals surface area contributed by atoms with Crippen LogP contribution in [0.2, 0.25) is 0 Å². The second kappa shape index (κ2) is 26.3. The van der Waals surface area contributed by atoms with Crippen LogP contribution in [0, 0.1) is 0 Å².